The highest BCUT2D eigenvalue weighted by Crippen LogP contribution is 2.42. The van der Waals surface area contributed by atoms with Gasteiger partial charge in [0, 0.05) is 49.2 Å². The van der Waals surface area contributed by atoms with Gasteiger partial charge in [-0.2, -0.15) is 9.97 Å². The second kappa shape index (κ2) is 14.2. The highest BCUT2D eigenvalue weighted by Gasteiger charge is 2.45. The number of hydrogen-bond acceptors (Lipinski definition) is 10. The molecule has 1 aromatic heterocycles. The van der Waals surface area contributed by atoms with E-state index in [0.717, 1.165) is 62.4 Å². The van der Waals surface area contributed by atoms with Crippen LogP contribution in [-0.2, 0) is 4.74 Å². The molecule has 5 heterocycles. The van der Waals surface area contributed by atoms with Crippen LogP contribution in [0, 0.1) is 5.82 Å². The molecule has 4 saturated heterocycles. The van der Waals surface area contributed by atoms with E-state index >= 15 is 4.39 Å². The molecule has 3 atom stereocenters. The van der Waals surface area contributed by atoms with Crippen molar-refractivity contribution in [2.45, 2.75) is 95.0 Å². The molecule has 282 valence electrons. The van der Waals surface area contributed by atoms with Crippen LogP contribution in [0.5, 0.6) is 11.8 Å². The van der Waals surface area contributed by atoms with Gasteiger partial charge >= 0.3 is 12.1 Å². The first-order chi connectivity index (χ1) is 25.5. The summed E-state index contributed by atoms with van der Waals surface area (Å²) in [4.78, 5) is 29.0. The zero-order valence-electron chi connectivity index (χ0n) is 31.0. The Morgan fingerprint density at radius 2 is 1.75 bits per heavy atom. The molecule has 3 aromatic carbocycles. The zero-order valence-corrected chi connectivity index (χ0v) is 31.0. The number of anilines is 1. The Kier molecular flexibility index (Phi) is 9.57. The van der Waals surface area contributed by atoms with Crippen molar-refractivity contribution in [2.24, 2.45) is 0 Å². The normalized spacial score (nSPS) is 22.0. The third-order valence-corrected chi connectivity index (χ3v) is 11.7. The summed E-state index contributed by atoms with van der Waals surface area (Å²) >= 11 is 0. The highest BCUT2D eigenvalue weighted by molar-refractivity contribution is 6.01. The maximum absolute atomic E-state index is 17.0. The Labute approximate surface area is 310 Å². The third kappa shape index (κ3) is 7.20. The first kappa shape index (κ1) is 35.8. The molecule has 0 spiro atoms. The van der Waals surface area contributed by atoms with Gasteiger partial charge in [-0.1, -0.05) is 30.3 Å². The van der Waals surface area contributed by atoms with Gasteiger partial charge in [-0.25, -0.2) is 9.18 Å². The van der Waals surface area contributed by atoms with Crippen LogP contribution in [0.15, 0.2) is 48.5 Å². The molecule has 0 aliphatic carbocycles. The van der Waals surface area contributed by atoms with E-state index in [-0.39, 0.29) is 34.9 Å². The Morgan fingerprint density at radius 3 is 2.49 bits per heavy atom. The van der Waals surface area contributed by atoms with Gasteiger partial charge in [0.15, 0.2) is 5.82 Å². The summed E-state index contributed by atoms with van der Waals surface area (Å²) in [5.41, 5.74) is 0.556. The van der Waals surface area contributed by atoms with E-state index in [9.17, 15) is 15.0 Å². The SMILES string of the molecule is CC(C)(C)OC(=O)NCCC(O)CN1[C@@H]2CC[C@H]1CN(c1nc(OCC34CCCN3CCC4)nc3c(F)c(-c4cc(O)cc5ccccc45)ccc13)C2. The summed E-state index contributed by atoms with van der Waals surface area (Å²) in [5, 5.41) is 26.6. The van der Waals surface area contributed by atoms with E-state index < -0.39 is 23.6 Å². The molecule has 11 nitrogen and oxygen atoms in total. The molecule has 53 heavy (non-hydrogen) atoms. The number of fused-ring (bicyclic) bond motifs is 5. The second-order valence-corrected chi connectivity index (χ2v) is 16.4. The fourth-order valence-corrected chi connectivity index (χ4v) is 9.27. The lowest BCUT2D eigenvalue weighted by Gasteiger charge is -2.42. The van der Waals surface area contributed by atoms with Crippen molar-refractivity contribution < 1.29 is 28.9 Å². The molecule has 4 aliphatic heterocycles. The largest absolute Gasteiger partial charge is 0.508 e. The smallest absolute Gasteiger partial charge is 0.407 e. The number of ether oxygens (including phenoxy) is 2. The van der Waals surface area contributed by atoms with Crippen LogP contribution >= 0.6 is 0 Å². The number of rotatable bonds is 10. The van der Waals surface area contributed by atoms with Gasteiger partial charge in [-0.3, -0.25) is 9.80 Å². The Hall–Kier alpha value is -4.26. The van der Waals surface area contributed by atoms with Crippen LogP contribution < -0.4 is 15.0 Å². The maximum Gasteiger partial charge on any atom is 0.407 e. The minimum Gasteiger partial charge on any atom is -0.508 e. The van der Waals surface area contributed by atoms with Crippen molar-refractivity contribution >= 4 is 33.6 Å². The van der Waals surface area contributed by atoms with E-state index in [1.54, 1.807) is 18.2 Å². The monoisotopic (exact) mass is 726 g/mol. The molecule has 4 aliphatic rings. The van der Waals surface area contributed by atoms with E-state index in [1.165, 1.54) is 0 Å². The number of aromatic hydroxyl groups is 1. The average molecular weight is 727 g/mol. The number of carbonyl (C=O) groups is 1. The summed E-state index contributed by atoms with van der Waals surface area (Å²) in [6, 6.07) is 15.2. The van der Waals surface area contributed by atoms with E-state index in [2.05, 4.69) is 20.0 Å². The number of alkyl carbamates (subject to hydrolysis) is 1. The van der Waals surface area contributed by atoms with Gasteiger partial charge in [0.2, 0.25) is 0 Å². The van der Waals surface area contributed by atoms with Gasteiger partial charge in [-0.05, 0) is 113 Å². The number of nitrogens with one attached hydrogen (secondary N) is 1. The molecule has 4 fully saturated rings. The fourth-order valence-electron chi connectivity index (χ4n) is 9.27. The number of phenols is 1. The van der Waals surface area contributed by atoms with Crippen molar-refractivity contribution in [1.29, 1.82) is 0 Å². The number of aromatic nitrogens is 2. The minimum absolute atomic E-state index is 0.0205. The van der Waals surface area contributed by atoms with Crippen LogP contribution in [0.4, 0.5) is 15.0 Å². The Bertz CT molecular complexity index is 1980. The van der Waals surface area contributed by atoms with Crippen molar-refractivity contribution in [2.75, 3.05) is 50.8 Å². The Morgan fingerprint density at radius 1 is 1.02 bits per heavy atom. The van der Waals surface area contributed by atoms with Gasteiger partial charge in [0.1, 0.15) is 29.3 Å². The molecule has 0 saturated carbocycles. The van der Waals surface area contributed by atoms with Crippen LogP contribution in [0.1, 0.15) is 65.7 Å². The lowest BCUT2D eigenvalue weighted by Crippen LogP contribution is -2.56. The van der Waals surface area contributed by atoms with E-state index in [4.69, 9.17) is 19.4 Å². The molecule has 4 aromatic rings. The van der Waals surface area contributed by atoms with Crippen molar-refractivity contribution in [3.8, 4) is 22.9 Å². The predicted octanol–water partition coefficient (Wildman–Crippen LogP) is 6.23. The van der Waals surface area contributed by atoms with Crippen LogP contribution in [0.25, 0.3) is 32.8 Å². The average Bonchev–Trinajstić information content (AvgIpc) is 3.76. The summed E-state index contributed by atoms with van der Waals surface area (Å²) in [6.45, 7) is 10.2. The predicted molar refractivity (Wildman–Crippen MR) is 203 cm³/mol. The molecule has 3 N–H and O–H groups in total. The number of hydrogen-bond donors (Lipinski definition) is 3. The number of carbonyl (C=O) groups excluding carboxylic acids is 1. The molecule has 2 bridgehead atoms. The summed E-state index contributed by atoms with van der Waals surface area (Å²) in [5.74, 6) is 0.250. The van der Waals surface area contributed by atoms with Crippen molar-refractivity contribution in [1.82, 2.24) is 25.1 Å². The number of nitrogens with zero attached hydrogens (tertiary/aromatic N) is 5. The third-order valence-electron chi connectivity index (χ3n) is 11.7. The number of halogens is 1. The Balaban J connectivity index is 1.07. The van der Waals surface area contributed by atoms with Crippen LogP contribution in [0.3, 0.4) is 0 Å². The molecule has 8 rings (SSSR count). The molecular formula is C41H51FN6O5. The summed E-state index contributed by atoms with van der Waals surface area (Å²) in [7, 11) is 0. The van der Waals surface area contributed by atoms with Gasteiger partial charge in [0.25, 0.3) is 0 Å². The van der Waals surface area contributed by atoms with Crippen molar-refractivity contribution in [3.63, 3.8) is 0 Å². The number of piperazine rings is 1. The molecule has 12 heteroatoms. The molecule has 0 radical (unpaired) electrons. The number of aliphatic hydroxyl groups excluding tert-OH is 1. The van der Waals surface area contributed by atoms with Crippen LogP contribution in [-0.4, -0.2) is 111 Å². The van der Waals surface area contributed by atoms with Gasteiger partial charge in [0.05, 0.1) is 11.6 Å². The first-order valence-electron chi connectivity index (χ1n) is 19.2. The number of benzene rings is 3. The first-order valence-corrected chi connectivity index (χ1v) is 19.2. The quantitative estimate of drug-likeness (QED) is 0.173. The highest BCUT2D eigenvalue weighted by atomic mass is 19.1. The summed E-state index contributed by atoms with van der Waals surface area (Å²) in [6.07, 6.45) is 5.73. The topological polar surface area (TPSA) is 124 Å². The molecular weight excluding hydrogens is 675 g/mol. The van der Waals surface area contributed by atoms with Gasteiger partial charge < -0.3 is 29.9 Å². The zero-order chi connectivity index (χ0) is 36.9. The maximum atomic E-state index is 17.0. The standard InChI is InChI=1S/C41H51FN6O5/c1-40(2,3)53-39(51)43-17-14-29(49)24-48-27-10-11-28(48)23-46(22-27)37-33-13-12-32(34-21-30(50)20-26-8-4-5-9-31(26)34)35(42)36(33)44-38(45-37)52-25-41-15-6-18-47(41)19-7-16-41/h4-5,8-9,12-13,20-21,27-29,49-50H,6-7,10-11,14-19,22-25H2,1-3H3,(H,43,51)/t27-,28+,29?. The second-order valence-electron chi connectivity index (χ2n) is 16.4. The number of amides is 1. The van der Waals surface area contributed by atoms with E-state index in [0.29, 0.717) is 61.5 Å². The van der Waals surface area contributed by atoms with E-state index in [1.807, 2.05) is 51.1 Å². The van der Waals surface area contributed by atoms with Crippen molar-refractivity contribution in [3.05, 3.63) is 54.3 Å². The number of aliphatic hydroxyl groups is 1. The lowest BCUT2D eigenvalue weighted by atomic mass is 9.95. The van der Waals surface area contributed by atoms with Crippen LogP contribution in [0.2, 0.25) is 0 Å². The summed E-state index contributed by atoms with van der Waals surface area (Å²) < 4.78 is 28.8. The van der Waals surface area contributed by atoms with Gasteiger partial charge in [-0.15, -0.1) is 0 Å². The number of phenolic OH excluding ortho intramolecular Hbond substituents is 1. The molecule has 1 amide bonds. The minimum atomic E-state index is -0.606. The lowest BCUT2D eigenvalue weighted by molar-refractivity contribution is 0.0492. The fraction of sp³-hybridized carbons (Fsp3) is 0.537. The molecule has 1 unspecified atom stereocenters.